The summed E-state index contributed by atoms with van der Waals surface area (Å²) >= 11 is 0. The molecule has 4 N–H and O–H groups in total. The molecule has 0 bridgehead atoms. The highest BCUT2D eigenvalue weighted by molar-refractivity contribution is 7.80. The molecule has 0 heterocycles. The summed E-state index contributed by atoms with van der Waals surface area (Å²) in [6.45, 7) is 6.12. The molecule has 0 aliphatic carbocycles. The first-order chi connectivity index (χ1) is 20.6. The molecule has 43 heavy (non-hydrogen) atoms. The van der Waals surface area contributed by atoms with Gasteiger partial charge in [-0.1, -0.05) is 161 Å². The van der Waals surface area contributed by atoms with Gasteiger partial charge in [-0.3, -0.25) is 9.35 Å². The number of carbonyl (C=O) groups excluding carboxylic acids is 1. The Bertz CT molecular complexity index is 773. The summed E-state index contributed by atoms with van der Waals surface area (Å²) in [7, 11) is -4.74. The minimum absolute atomic E-state index is 0.289. The Kier molecular flexibility index (Phi) is 27.8. The van der Waals surface area contributed by atoms with Gasteiger partial charge >= 0.3 is 10.4 Å². The molecule has 0 aromatic heterocycles. The summed E-state index contributed by atoms with van der Waals surface area (Å²) < 4.78 is 35.5. The topological polar surface area (TPSA) is 133 Å². The standard InChI is InChI=1S/C34H67NO7S/c1-4-5-6-7-8-9-10-11-12-15-18-21-24-27-32(36)31(29-42-43(39,40)41)35-34(38)33(37)28-25-22-19-16-13-14-17-20-23-26-30(2)3/h24,27,30-33,36-37H,4-23,25-26,28-29H2,1-3H3,(H,35,38)(H,39,40,41)/b27-24+/t31?,32?,33-/m1/s1. The zero-order valence-corrected chi connectivity index (χ0v) is 28.6. The quantitative estimate of drug-likeness (QED) is 0.0343. The molecule has 0 aliphatic heterocycles. The van der Waals surface area contributed by atoms with Gasteiger partial charge in [0.1, 0.15) is 6.10 Å². The molecule has 0 fully saturated rings. The van der Waals surface area contributed by atoms with E-state index < -0.39 is 41.2 Å². The van der Waals surface area contributed by atoms with E-state index in [1.54, 1.807) is 0 Å². The zero-order valence-electron chi connectivity index (χ0n) is 27.8. The first-order valence-electron chi connectivity index (χ1n) is 17.5. The lowest BCUT2D eigenvalue weighted by Gasteiger charge is -2.23. The second-order valence-electron chi connectivity index (χ2n) is 12.7. The highest BCUT2D eigenvalue weighted by Gasteiger charge is 2.25. The molecule has 0 aliphatic rings. The fourth-order valence-corrected chi connectivity index (χ4v) is 5.54. The van der Waals surface area contributed by atoms with Gasteiger partial charge in [-0.25, -0.2) is 4.18 Å². The van der Waals surface area contributed by atoms with Crippen LogP contribution in [0.25, 0.3) is 0 Å². The summed E-state index contributed by atoms with van der Waals surface area (Å²) in [5.74, 6) is 0.0901. The number of hydrogen-bond acceptors (Lipinski definition) is 6. The van der Waals surface area contributed by atoms with Gasteiger partial charge in [-0.05, 0) is 25.2 Å². The number of unbranched alkanes of at least 4 members (excludes halogenated alkanes) is 19. The predicted octanol–water partition coefficient (Wildman–Crippen LogP) is 8.22. The minimum Gasteiger partial charge on any atom is -0.387 e. The Balaban J connectivity index is 4.24. The van der Waals surface area contributed by atoms with Crippen molar-refractivity contribution in [1.29, 1.82) is 0 Å². The Morgan fingerprint density at radius 3 is 1.63 bits per heavy atom. The van der Waals surface area contributed by atoms with Gasteiger partial charge in [0, 0.05) is 0 Å². The fraction of sp³-hybridized carbons (Fsp3) is 0.912. The van der Waals surface area contributed by atoms with Crippen molar-refractivity contribution in [3.05, 3.63) is 12.2 Å². The number of amides is 1. The van der Waals surface area contributed by atoms with Gasteiger partial charge in [-0.2, -0.15) is 8.42 Å². The maximum Gasteiger partial charge on any atom is 0.397 e. The molecule has 0 spiro atoms. The molecule has 0 radical (unpaired) electrons. The summed E-state index contributed by atoms with van der Waals surface area (Å²) in [5.41, 5.74) is 0. The number of nitrogens with one attached hydrogen (secondary N) is 1. The van der Waals surface area contributed by atoms with E-state index in [2.05, 4.69) is 30.3 Å². The van der Waals surface area contributed by atoms with Gasteiger partial charge in [0.2, 0.25) is 5.91 Å². The highest BCUT2D eigenvalue weighted by atomic mass is 32.3. The molecule has 0 aromatic carbocycles. The Labute approximate surface area is 264 Å². The number of rotatable bonds is 31. The van der Waals surface area contributed by atoms with Gasteiger partial charge in [-0.15, -0.1) is 0 Å². The van der Waals surface area contributed by atoms with Crippen molar-refractivity contribution >= 4 is 16.3 Å². The number of aliphatic hydroxyl groups excluding tert-OH is 2. The van der Waals surface area contributed by atoms with E-state index in [0.717, 1.165) is 44.4 Å². The lowest BCUT2D eigenvalue weighted by Crippen LogP contribution is -2.49. The van der Waals surface area contributed by atoms with Crippen LogP contribution in [0.4, 0.5) is 0 Å². The molecule has 3 atom stereocenters. The average Bonchev–Trinajstić information content (AvgIpc) is 2.95. The Morgan fingerprint density at radius 2 is 1.16 bits per heavy atom. The second-order valence-corrected chi connectivity index (χ2v) is 13.8. The van der Waals surface area contributed by atoms with Crippen LogP contribution in [0.15, 0.2) is 12.2 Å². The van der Waals surface area contributed by atoms with Crippen molar-refractivity contribution in [3.8, 4) is 0 Å². The van der Waals surface area contributed by atoms with Crippen LogP contribution in [0.3, 0.4) is 0 Å². The third kappa shape index (κ3) is 29.5. The Morgan fingerprint density at radius 1 is 0.721 bits per heavy atom. The van der Waals surface area contributed by atoms with Crippen LogP contribution in [0.5, 0.6) is 0 Å². The Hall–Kier alpha value is -1.00. The van der Waals surface area contributed by atoms with Crippen LogP contribution in [-0.4, -0.2) is 53.9 Å². The van der Waals surface area contributed by atoms with Crippen molar-refractivity contribution in [2.75, 3.05) is 6.61 Å². The van der Waals surface area contributed by atoms with Crippen LogP contribution >= 0.6 is 0 Å². The van der Waals surface area contributed by atoms with Gasteiger partial charge < -0.3 is 15.5 Å². The number of allylic oxidation sites excluding steroid dienone is 1. The van der Waals surface area contributed by atoms with E-state index >= 15 is 0 Å². The molecule has 0 saturated carbocycles. The van der Waals surface area contributed by atoms with E-state index in [1.165, 1.54) is 102 Å². The molecular formula is C34H67NO7S. The molecule has 0 saturated heterocycles. The molecule has 8 nitrogen and oxygen atoms in total. The maximum absolute atomic E-state index is 12.5. The fourth-order valence-electron chi connectivity index (χ4n) is 5.22. The van der Waals surface area contributed by atoms with Crippen LogP contribution in [0.1, 0.15) is 168 Å². The molecule has 1 amide bonds. The van der Waals surface area contributed by atoms with Gasteiger partial charge in [0.05, 0.1) is 18.8 Å². The monoisotopic (exact) mass is 633 g/mol. The summed E-state index contributed by atoms with van der Waals surface area (Å²) in [6.07, 6.45) is 27.1. The van der Waals surface area contributed by atoms with Crippen molar-refractivity contribution < 1.29 is 32.2 Å². The van der Waals surface area contributed by atoms with E-state index in [9.17, 15) is 23.4 Å². The first kappa shape index (κ1) is 42.0. The van der Waals surface area contributed by atoms with Gasteiger partial charge in [0.25, 0.3) is 0 Å². The van der Waals surface area contributed by atoms with Crippen LogP contribution in [0, 0.1) is 5.92 Å². The molecular weight excluding hydrogens is 566 g/mol. The lowest BCUT2D eigenvalue weighted by atomic mass is 10.0. The van der Waals surface area contributed by atoms with E-state index in [1.807, 2.05) is 6.08 Å². The van der Waals surface area contributed by atoms with Crippen molar-refractivity contribution in [1.82, 2.24) is 5.32 Å². The molecule has 256 valence electrons. The summed E-state index contributed by atoms with van der Waals surface area (Å²) in [6, 6.07) is -1.13. The number of hydrogen-bond donors (Lipinski definition) is 4. The third-order valence-corrected chi connectivity index (χ3v) is 8.44. The largest absolute Gasteiger partial charge is 0.397 e. The molecule has 9 heteroatoms. The maximum atomic E-state index is 12.5. The third-order valence-electron chi connectivity index (χ3n) is 8.01. The van der Waals surface area contributed by atoms with E-state index in [-0.39, 0.29) is 6.42 Å². The molecule has 0 rings (SSSR count). The SMILES string of the molecule is CCCCCCCCCCCCC/C=C/C(O)C(COS(=O)(=O)O)NC(=O)[C@H](O)CCCCCCCCCCCC(C)C. The van der Waals surface area contributed by atoms with Crippen LogP contribution < -0.4 is 5.32 Å². The zero-order chi connectivity index (χ0) is 32.2. The van der Waals surface area contributed by atoms with Crippen molar-refractivity contribution in [2.45, 2.75) is 187 Å². The average molecular weight is 634 g/mol. The number of carbonyl (C=O) groups is 1. The second kappa shape index (κ2) is 28.5. The number of aliphatic hydroxyl groups is 2. The normalized spacial score (nSPS) is 14.4. The highest BCUT2D eigenvalue weighted by Crippen LogP contribution is 2.15. The van der Waals surface area contributed by atoms with Gasteiger partial charge in [0.15, 0.2) is 0 Å². The van der Waals surface area contributed by atoms with Crippen LogP contribution in [-0.2, 0) is 19.4 Å². The van der Waals surface area contributed by atoms with E-state index in [4.69, 9.17) is 4.55 Å². The van der Waals surface area contributed by atoms with Crippen LogP contribution in [0.2, 0.25) is 0 Å². The van der Waals surface area contributed by atoms with E-state index in [0.29, 0.717) is 6.42 Å². The van der Waals surface area contributed by atoms with Crippen molar-refractivity contribution in [2.24, 2.45) is 5.92 Å². The molecule has 2 unspecified atom stereocenters. The summed E-state index contributed by atoms with van der Waals surface area (Å²) in [4.78, 5) is 12.5. The van der Waals surface area contributed by atoms with Crippen molar-refractivity contribution in [3.63, 3.8) is 0 Å². The first-order valence-corrected chi connectivity index (χ1v) is 18.9. The predicted molar refractivity (Wildman–Crippen MR) is 177 cm³/mol. The minimum atomic E-state index is -4.74. The smallest absolute Gasteiger partial charge is 0.387 e. The lowest BCUT2D eigenvalue weighted by molar-refractivity contribution is -0.131. The molecule has 0 aromatic rings. The summed E-state index contributed by atoms with van der Waals surface area (Å²) in [5, 5.41) is 23.4.